The van der Waals surface area contributed by atoms with Crippen LogP contribution in [-0.4, -0.2) is 6.17 Å². The molecule has 0 aromatic heterocycles. The van der Waals surface area contributed by atoms with Gasteiger partial charge in [-0.25, -0.2) is 0 Å². The molecule has 5 heteroatoms. The number of hydrogen-bond acceptors (Lipinski definition) is 4. The summed E-state index contributed by atoms with van der Waals surface area (Å²) in [6.07, 6.45) is 0.0741. The van der Waals surface area contributed by atoms with Gasteiger partial charge in [-0.05, 0) is 6.17 Å². The molecular formula is C2H7N4Y-. The summed E-state index contributed by atoms with van der Waals surface area (Å²) in [6, 6.07) is 0. The minimum Gasteiger partial charge on any atom is -0.310 e. The number of hydrogen-bond donors (Lipinski definition) is 4. The smallest absolute Gasteiger partial charge is 0 e. The van der Waals surface area contributed by atoms with Crippen molar-refractivity contribution >= 4 is 0 Å². The summed E-state index contributed by atoms with van der Waals surface area (Å²) in [4.78, 5) is 0. The average Bonchev–Trinajstić information content (AvgIpc) is 1.86. The van der Waals surface area contributed by atoms with Crippen molar-refractivity contribution in [2.24, 2.45) is 0 Å². The predicted molar refractivity (Wildman–Crippen MR) is 21.7 cm³/mol. The van der Waals surface area contributed by atoms with Crippen molar-refractivity contribution in [3.05, 3.63) is 6.92 Å². The van der Waals surface area contributed by atoms with Crippen molar-refractivity contribution in [3.63, 3.8) is 0 Å². The third kappa shape index (κ3) is 2.69. The standard InChI is InChI=1S/C2H7N4.Y/c1-2-3-5-6-4-2;/h2-6H,1H2;/q-1;. The van der Waals surface area contributed by atoms with Gasteiger partial charge in [0.15, 0.2) is 0 Å². The van der Waals surface area contributed by atoms with Crippen LogP contribution < -0.4 is 21.9 Å². The Hall–Kier alpha value is 0.944. The fourth-order valence-corrected chi connectivity index (χ4v) is 0.282. The van der Waals surface area contributed by atoms with Crippen molar-refractivity contribution in [2.75, 3.05) is 0 Å². The third-order valence-electron chi connectivity index (χ3n) is 0.555. The molecule has 4 nitrogen and oxygen atoms in total. The van der Waals surface area contributed by atoms with Gasteiger partial charge in [0.25, 0.3) is 0 Å². The fourth-order valence-electron chi connectivity index (χ4n) is 0.282. The van der Waals surface area contributed by atoms with E-state index in [9.17, 15) is 0 Å². The molecular weight excluding hydrogens is 169 g/mol. The average molecular weight is 176 g/mol. The zero-order valence-corrected chi connectivity index (χ0v) is 6.70. The van der Waals surface area contributed by atoms with Gasteiger partial charge < -0.3 is 6.92 Å². The summed E-state index contributed by atoms with van der Waals surface area (Å²) >= 11 is 0. The summed E-state index contributed by atoms with van der Waals surface area (Å²) in [5, 5.41) is 0. The molecule has 4 N–H and O–H groups in total. The Bertz CT molecular complexity index is 43.0. The Morgan fingerprint density at radius 1 is 1.14 bits per heavy atom. The minimum atomic E-state index is 0. The second-order valence-corrected chi connectivity index (χ2v) is 1.09. The largest absolute Gasteiger partial charge is 0.310 e. The Kier molecular flexibility index (Phi) is 4.41. The number of rotatable bonds is 0. The molecule has 1 aliphatic rings. The molecule has 0 saturated carbocycles. The van der Waals surface area contributed by atoms with E-state index in [4.69, 9.17) is 0 Å². The molecule has 7 heavy (non-hydrogen) atoms. The summed E-state index contributed by atoms with van der Waals surface area (Å²) in [6.45, 7) is 3.59. The van der Waals surface area contributed by atoms with Crippen molar-refractivity contribution in [3.8, 4) is 0 Å². The van der Waals surface area contributed by atoms with E-state index >= 15 is 0 Å². The van der Waals surface area contributed by atoms with Gasteiger partial charge in [0.05, 0.1) is 0 Å². The second kappa shape index (κ2) is 3.89. The summed E-state index contributed by atoms with van der Waals surface area (Å²) in [5.41, 5.74) is 10.7. The van der Waals surface area contributed by atoms with E-state index in [-0.39, 0.29) is 38.9 Å². The van der Waals surface area contributed by atoms with E-state index in [1.54, 1.807) is 0 Å². The van der Waals surface area contributed by atoms with E-state index in [0.717, 1.165) is 0 Å². The number of hydrazine groups is 3. The molecule has 1 fully saturated rings. The summed E-state index contributed by atoms with van der Waals surface area (Å²) in [7, 11) is 0. The van der Waals surface area contributed by atoms with Crippen LogP contribution in [0.4, 0.5) is 0 Å². The first-order chi connectivity index (χ1) is 2.89. The Balaban J connectivity index is 0.000000360. The van der Waals surface area contributed by atoms with Crippen LogP contribution >= 0.6 is 0 Å². The SMILES string of the molecule is [CH2-]C1NNNN1.[Y]. The molecule has 1 aliphatic heterocycles. The van der Waals surface area contributed by atoms with Crippen LogP contribution in [0.2, 0.25) is 0 Å². The molecule has 0 spiro atoms. The number of nitrogens with one attached hydrogen (secondary N) is 4. The molecule has 0 bridgehead atoms. The molecule has 0 aliphatic carbocycles. The maximum atomic E-state index is 3.59. The molecule has 0 aromatic rings. The van der Waals surface area contributed by atoms with E-state index in [1.807, 2.05) is 0 Å². The van der Waals surface area contributed by atoms with E-state index in [2.05, 4.69) is 28.8 Å². The Morgan fingerprint density at radius 2 is 1.57 bits per heavy atom. The van der Waals surface area contributed by atoms with Crippen molar-refractivity contribution in [1.29, 1.82) is 0 Å². The van der Waals surface area contributed by atoms with Gasteiger partial charge in [-0.1, -0.05) is 0 Å². The molecule has 1 saturated heterocycles. The van der Waals surface area contributed by atoms with E-state index < -0.39 is 0 Å². The topological polar surface area (TPSA) is 48.1 Å². The van der Waals surface area contributed by atoms with Crippen LogP contribution in [0.3, 0.4) is 0 Å². The van der Waals surface area contributed by atoms with Gasteiger partial charge in [-0.3, -0.25) is 10.9 Å². The maximum Gasteiger partial charge on any atom is 0 e. The minimum absolute atomic E-state index is 0. The van der Waals surface area contributed by atoms with Crippen LogP contribution in [0.15, 0.2) is 0 Å². The fraction of sp³-hybridized carbons (Fsp3) is 0.500. The molecule has 0 atom stereocenters. The Labute approximate surface area is 67.6 Å². The molecule has 1 heterocycles. The second-order valence-electron chi connectivity index (χ2n) is 1.09. The quantitative estimate of drug-likeness (QED) is 0.331. The monoisotopic (exact) mass is 176 g/mol. The van der Waals surface area contributed by atoms with Gasteiger partial charge in [-0.2, -0.15) is 11.1 Å². The van der Waals surface area contributed by atoms with Gasteiger partial charge in [0, 0.05) is 32.7 Å². The molecule has 0 unspecified atom stereocenters. The zero-order chi connectivity index (χ0) is 4.41. The maximum absolute atomic E-state index is 3.59. The van der Waals surface area contributed by atoms with Crippen LogP contribution in [0.5, 0.6) is 0 Å². The van der Waals surface area contributed by atoms with Crippen molar-refractivity contribution in [2.45, 2.75) is 6.17 Å². The first kappa shape index (κ1) is 7.94. The van der Waals surface area contributed by atoms with E-state index in [0.29, 0.717) is 0 Å². The van der Waals surface area contributed by atoms with Crippen LogP contribution in [0.25, 0.3) is 0 Å². The van der Waals surface area contributed by atoms with Gasteiger partial charge in [0.2, 0.25) is 0 Å². The first-order valence-corrected chi connectivity index (χ1v) is 1.74. The van der Waals surface area contributed by atoms with Gasteiger partial charge in [-0.15, -0.1) is 0 Å². The normalized spacial score (nSPS) is 21.9. The first-order valence-electron chi connectivity index (χ1n) is 1.74. The van der Waals surface area contributed by atoms with Gasteiger partial charge in [0.1, 0.15) is 0 Å². The zero-order valence-electron chi connectivity index (χ0n) is 3.86. The van der Waals surface area contributed by atoms with Crippen molar-refractivity contribution in [1.82, 2.24) is 21.9 Å². The van der Waals surface area contributed by atoms with Gasteiger partial charge >= 0.3 is 0 Å². The summed E-state index contributed by atoms with van der Waals surface area (Å²) in [5.74, 6) is 0. The van der Waals surface area contributed by atoms with Crippen LogP contribution in [0.1, 0.15) is 0 Å². The van der Waals surface area contributed by atoms with E-state index in [1.165, 1.54) is 0 Å². The molecule has 1 radical (unpaired) electrons. The van der Waals surface area contributed by atoms with Crippen molar-refractivity contribution < 1.29 is 32.7 Å². The predicted octanol–water partition coefficient (Wildman–Crippen LogP) is -1.74. The molecule has 1 rings (SSSR count). The Morgan fingerprint density at radius 3 is 1.71 bits per heavy atom. The molecule has 0 amide bonds. The van der Waals surface area contributed by atoms with Crippen LogP contribution in [0, 0.1) is 6.92 Å². The molecule has 0 aromatic carbocycles. The summed E-state index contributed by atoms with van der Waals surface area (Å²) < 4.78 is 0. The van der Waals surface area contributed by atoms with Crippen LogP contribution in [-0.2, 0) is 32.7 Å². The molecule has 39 valence electrons. The third-order valence-corrected chi connectivity index (χ3v) is 0.555.